The number of aromatic nitrogens is 3. The first-order valence-electron chi connectivity index (χ1n) is 5.44. The van der Waals surface area contributed by atoms with Crippen LogP contribution in [0.15, 0.2) is 30.6 Å². The molecule has 0 N–H and O–H groups in total. The van der Waals surface area contributed by atoms with E-state index in [2.05, 4.69) is 23.9 Å². The summed E-state index contributed by atoms with van der Waals surface area (Å²) in [5.41, 5.74) is 0.874. The van der Waals surface area contributed by atoms with Gasteiger partial charge >= 0.3 is 0 Å². The van der Waals surface area contributed by atoms with Gasteiger partial charge in [-0.1, -0.05) is 11.6 Å². The zero-order valence-corrected chi connectivity index (χ0v) is 10.6. The van der Waals surface area contributed by atoms with Gasteiger partial charge in [-0.25, -0.2) is 4.98 Å². The molecule has 0 fully saturated rings. The number of rotatable bonds is 4. The summed E-state index contributed by atoms with van der Waals surface area (Å²) in [6.07, 6.45) is 3.57. The Balaban J connectivity index is 2.00. The molecule has 2 aromatic heterocycles. The van der Waals surface area contributed by atoms with Gasteiger partial charge < -0.3 is 4.74 Å². The molecule has 17 heavy (non-hydrogen) atoms. The number of nitrogens with zero attached hydrogens (tertiary/aromatic N) is 3. The van der Waals surface area contributed by atoms with E-state index in [-0.39, 0.29) is 0 Å². The number of halogens is 1. The summed E-state index contributed by atoms with van der Waals surface area (Å²) in [5, 5.41) is 4.75. The van der Waals surface area contributed by atoms with Gasteiger partial charge in [0.15, 0.2) is 10.9 Å². The van der Waals surface area contributed by atoms with E-state index in [0.717, 1.165) is 5.69 Å². The second-order valence-electron chi connectivity index (χ2n) is 3.96. The Hall–Kier alpha value is -1.55. The van der Waals surface area contributed by atoms with E-state index < -0.39 is 0 Å². The first kappa shape index (κ1) is 11.9. The summed E-state index contributed by atoms with van der Waals surface area (Å²) in [4.78, 5) is 3.94. The molecule has 0 atom stereocenters. The molecule has 2 heterocycles. The van der Waals surface area contributed by atoms with E-state index in [9.17, 15) is 0 Å². The van der Waals surface area contributed by atoms with Gasteiger partial charge in [0.05, 0.1) is 5.69 Å². The van der Waals surface area contributed by atoms with Gasteiger partial charge in [-0.3, -0.25) is 4.68 Å². The lowest BCUT2D eigenvalue weighted by atomic mass is 10.4. The van der Waals surface area contributed by atoms with E-state index in [1.54, 1.807) is 18.3 Å². The molecule has 0 spiro atoms. The molecule has 0 aliphatic carbocycles. The topological polar surface area (TPSA) is 39.9 Å². The minimum absolute atomic E-state index is 0.353. The second kappa shape index (κ2) is 5.19. The van der Waals surface area contributed by atoms with Crippen molar-refractivity contribution in [3.63, 3.8) is 0 Å². The molecule has 5 heteroatoms. The first-order valence-corrected chi connectivity index (χ1v) is 5.82. The third-order valence-corrected chi connectivity index (χ3v) is 2.58. The monoisotopic (exact) mass is 251 g/mol. The van der Waals surface area contributed by atoms with Crippen molar-refractivity contribution >= 4 is 11.6 Å². The smallest absolute Gasteiger partial charge is 0.171 e. The van der Waals surface area contributed by atoms with Gasteiger partial charge in [0, 0.05) is 18.4 Å². The molecule has 0 unspecified atom stereocenters. The van der Waals surface area contributed by atoms with Crippen LogP contribution in [-0.2, 0) is 6.61 Å². The molecule has 2 aromatic rings. The highest BCUT2D eigenvalue weighted by molar-refractivity contribution is 6.30. The van der Waals surface area contributed by atoms with E-state index in [0.29, 0.717) is 23.6 Å². The maximum Gasteiger partial charge on any atom is 0.171 e. The van der Waals surface area contributed by atoms with Crippen molar-refractivity contribution in [3.8, 4) is 5.75 Å². The molecule has 0 aromatic carbocycles. The van der Waals surface area contributed by atoms with Crippen LogP contribution in [0, 0.1) is 0 Å². The predicted octanol–water partition coefficient (Wildman–Crippen LogP) is 3.09. The Bertz CT molecular complexity index is 496. The molecular formula is C12H14ClN3O. The van der Waals surface area contributed by atoms with E-state index >= 15 is 0 Å². The lowest BCUT2D eigenvalue weighted by molar-refractivity contribution is 0.298. The highest BCUT2D eigenvalue weighted by Gasteiger charge is 2.05. The lowest BCUT2D eigenvalue weighted by Gasteiger charge is -2.06. The Kier molecular flexibility index (Phi) is 3.64. The molecule has 90 valence electrons. The fraction of sp³-hybridized carbons (Fsp3) is 0.333. The molecule has 0 saturated heterocycles. The molecule has 0 bridgehead atoms. The summed E-state index contributed by atoms with van der Waals surface area (Å²) < 4.78 is 7.44. The molecule has 0 amide bonds. The van der Waals surface area contributed by atoms with Crippen molar-refractivity contribution in [2.45, 2.75) is 26.5 Å². The van der Waals surface area contributed by atoms with Gasteiger partial charge in [-0.05, 0) is 32.0 Å². The van der Waals surface area contributed by atoms with Crippen LogP contribution in [-0.4, -0.2) is 14.8 Å². The van der Waals surface area contributed by atoms with Crippen molar-refractivity contribution in [2.75, 3.05) is 0 Å². The fourth-order valence-corrected chi connectivity index (χ4v) is 1.55. The van der Waals surface area contributed by atoms with E-state index in [4.69, 9.17) is 16.3 Å². The van der Waals surface area contributed by atoms with Crippen molar-refractivity contribution in [3.05, 3.63) is 41.4 Å². The van der Waals surface area contributed by atoms with Gasteiger partial charge in [0.1, 0.15) is 6.61 Å². The summed E-state index contributed by atoms with van der Waals surface area (Å²) >= 11 is 5.88. The predicted molar refractivity (Wildman–Crippen MR) is 66.2 cm³/mol. The van der Waals surface area contributed by atoms with Crippen molar-refractivity contribution in [2.24, 2.45) is 0 Å². The van der Waals surface area contributed by atoms with Gasteiger partial charge in [-0.15, -0.1) is 0 Å². The third kappa shape index (κ3) is 2.97. The van der Waals surface area contributed by atoms with Crippen LogP contribution in [0.1, 0.15) is 25.6 Å². The van der Waals surface area contributed by atoms with Crippen molar-refractivity contribution in [1.82, 2.24) is 14.8 Å². The summed E-state index contributed by atoms with van der Waals surface area (Å²) in [5.74, 6) is 0.577. The fourth-order valence-electron chi connectivity index (χ4n) is 1.37. The molecule has 4 nitrogen and oxygen atoms in total. The molecule has 0 aliphatic rings. The van der Waals surface area contributed by atoms with Crippen molar-refractivity contribution in [1.29, 1.82) is 0 Å². The number of pyridine rings is 1. The van der Waals surface area contributed by atoms with E-state index in [1.165, 1.54) is 0 Å². The molecule has 2 rings (SSSR count). The summed E-state index contributed by atoms with van der Waals surface area (Å²) in [6, 6.07) is 5.86. The quantitative estimate of drug-likeness (QED) is 0.784. The maximum atomic E-state index is 5.88. The Morgan fingerprint density at radius 3 is 2.88 bits per heavy atom. The lowest BCUT2D eigenvalue weighted by Crippen LogP contribution is -2.03. The SMILES string of the molecule is CC(C)n1ccc(COc2cccnc2Cl)n1. The van der Waals surface area contributed by atoms with Crippen LogP contribution >= 0.6 is 11.6 Å². The van der Waals surface area contributed by atoms with Crippen LogP contribution < -0.4 is 4.74 Å². The second-order valence-corrected chi connectivity index (χ2v) is 4.32. The minimum Gasteiger partial charge on any atom is -0.484 e. The van der Waals surface area contributed by atoms with Crippen LogP contribution in [0.4, 0.5) is 0 Å². The zero-order chi connectivity index (χ0) is 12.3. The Labute approximate surface area is 105 Å². The third-order valence-electron chi connectivity index (χ3n) is 2.29. The minimum atomic E-state index is 0.353. The van der Waals surface area contributed by atoms with Crippen LogP contribution in [0.5, 0.6) is 5.75 Å². The summed E-state index contributed by atoms with van der Waals surface area (Å²) in [6.45, 7) is 4.55. The largest absolute Gasteiger partial charge is 0.484 e. The Morgan fingerprint density at radius 2 is 2.24 bits per heavy atom. The molecular weight excluding hydrogens is 238 g/mol. The van der Waals surface area contributed by atoms with Crippen LogP contribution in [0.3, 0.4) is 0 Å². The highest BCUT2D eigenvalue weighted by atomic mass is 35.5. The standard InChI is InChI=1S/C12H14ClN3O/c1-9(2)16-7-5-10(15-16)8-17-11-4-3-6-14-12(11)13/h3-7,9H,8H2,1-2H3. The normalized spacial score (nSPS) is 10.8. The number of hydrogen-bond donors (Lipinski definition) is 0. The average Bonchev–Trinajstić information content (AvgIpc) is 2.77. The van der Waals surface area contributed by atoms with Crippen LogP contribution in [0.25, 0.3) is 0 Å². The molecule has 0 saturated carbocycles. The Morgan fingerprint density at radius 1 is 1.41 bits per heavy atom. The number of hydrogen-bond acceptors (Lipinski definition) is 3. The first-order chi connectivity index (χ1) is 8.16. The molecule has 0 aliphatic heterocycles. The van der Waals surface area contributed by atoms with Crippen molar-refractivity contribution < 1.29 is 4.74 Å². The van der Waals surface area contributed by atoms with Gasteiger partial charge in [-0.2, -0.15) is 5.10 Å². The average molecular weight is 252 g/mol. The van der Waals surface area contributed by atoms with E-state index in [1.807, 2.05) is 16.9 Å². The zero-order valence-electron chi connectivity index (χ0n) is 9.80. The molecule has 0 radical (unpaired) electrons. The van der Waals surface area contributed by atoms with Gasteiger partial charge in [0.2, 0.25) is 0 Å². The number of ether oxygens (including phenoxy) is 1. The summed E-state index contributed by atoms with van der Waals surface area (Å²) in [7, 11) is 0. The maximum absolute atomic E-state index is 5.88. The highest BCUT2D eigenvalue weighted by Crippen LogP contribution is 2.21. The van der Waals surface area contributed by atoms with Crippen LogP contribution in [0.2, 0.25) is 5.15 Å². The van der Waals surface area contributed by atoms with Gasteiger partial charge in [0.25, 0.3) is 0 Å².